The molecule has 27 heavy (non-hydrogen) atoms. The Bertz CT molecular complexity index is 968. The molecule has 0 fully saturated rings. The fourth-order valence-electron chi connectivity index (χ4n) is 2.14. The summed E-state index contributed by atoms with van der Waals surface area (Å²) >= 11 is 13.5. The molecule has 2 aromatic heterocycles. The Morgan fingerprint density at radius 3 is 2.81 bits per heavy atom. The van der Waals surface area contributed by atoms with E-state index in [1.165, 1.54) is 42.7 Å². The van der Waals surface area contributed by atoms with Gasteiger partial charge >= 0.3 is 0 Å². The quantitative estimate of drug-likeness (QED) is 0.294. The fraction of sp³-hybridized carbons (Fsp3) is 0. The standard InChI is InChI=1S/C17H14Cl2FN5OS/c18-11-5-10(6-23-7-11)14(21)8-25(22)17-13(20)1-2-15(16(17)19)24-27-12-3-4-26-9-12/h1-9,24H,21-22H2/b14-8-. The SMILES string of the molecule is N/C(=C\N(N)c1c(F)ccc(NSc2ccoc2)c1Cl)c1cncc(Cl)c1. The molecule has 0 bridgehead atoms. The van der Waals surface area contributed by atoms with Crippen LogP contribution in [-0.2, 0) is 0 Å². The number of aromatic nitrogens is 1. The molecule has 0 saturated carbocycles. The number of rotatable bonds is 6. The van der Waals surface area contributed by atoms with E-state index >= 15 is 0 Å². The van der Waals surface area contributed by atoms with E-state index in [0.29, 0.717) is 16.3 Å². The van der Waals surface area contributed by atoms with E-state index in [9.17, 15) is 4.39 Å². The smallest absolute Gasteiger partial charge is 0.149 e. The normalized spacial score (nSPS) is 11.5. The summed E-state index contributed by atoms with van der Waals surface area (Å²) in [6.45, 7) is 0. The zero-order valence-corrected chi connectivity index (χ0v) is 16.0. The van der Waals surface area contributed by atoms with Crippen molar-refractivity contribution >= 4 is 52.2 Å². The van der Waals surface area contributed by atoms with E-state index in [1.54, 1.807) is 24.7 Å². The van der Waals surface area contributed by atoms with Crippen molar-refractivity contribution in [1.29, 1.82) is 0 Å². The first-order chi connectivity index (χ1) is 13.0. The molecule has 140 valence electrons. The van der Waals surface area contributed by atoms with Gasteiger partial charge in [-0.05, 0) is 36.2 Å². The third-order valence-corrected chi connectivity index (χ3v) is 4.79. The molecule has 0 aliphatic rings. The molecule has 0 radical (unpaired) electrons. The molecule has 0 saturated heterocycles. The lowest BCUT2D eigenvalue weighted by Gasteiger charge is -2.19. The van der Waals surface area contributed by atoms with Crippen molar-refractivity contribution in [1.82, 2.24) is 4.98 Å². The maximum Gasteiger partial charge on any atom is 0.149 e. The molecule has 1 aromatic carbocycles. The zero-order chi connectivity index (χ0) is 19.4. The average Bonchev–Trinajstić information content (AvgIpc) is 3.14. The number of anilines is 2. The first-order valence-electron chi connectivity index (χ1n) is 7.51. The zero-order valence-electron chi connectivity index (χ0n) is 13.7. The fourth-order valence-corrected chi connectivity index (χ4v) is 3.29. The predicted molar refractivity (Wildman–Crippen MR) is 108 cm³/mol. The van der Waals surface area contributed by atoms with Gasteiger partial charge < -0.3 is 14.9 Å². The molecule has 3 rings (SSSR count). The number of benzene rings is 1. The van der Waals surface area contributed by atoms with Gasteiger partial charge in [-0.25, -0.2) is 10.2 Å². The van der Waals surface area contributed by atoms with Crippen LogP contribution >= 0.6 is 35.1 Å². The summed E-state index contributed by atoms with van der Waals surface area (Å²) in [6.07, 6.45) is 7.44. The molecule has 0 atom stereocenters. The monoisotopic (exact) mass is 425 g/mol. The van der Waals surface area contributed by atoms with Gasteiger partial charge in [0.1, 0.15) is 17.8 Å². The summed E-state index contributed by atoms with van der Waals surface area (Å²) in [7, 11) is 0. The first-order valence-corrected chi connectivity index (χ1v) is 9.08. The van der Waals surface area contributed by atoms with Crippen LogP contribution in [0.25, 0.3) is 5.70 Å². The Morgan fingerprint density at radius 2 is 2.11 bits per heavy atom. The summed E-state index contributed by atoms with van der Waals surface area (Å²) < 4.78 is 22.4. The van der Waals surface area contributed by atoms with E-state index < -0.39 is 5.82 Å². The summed E-state index contributed by atoms with van der Waals surface area (Å²) in [4.78, 5) is 4.78. The van der Waals surface area contributed by atoms with E-state index in [2.05, 4.69) is 9.71 Å². The molecule has 5 N–H and O–H groups in total. The Labute approximate surface area is 169 Å². The van der Waals surface area contributed by atoms with Crippen LogP contribution in [0.2, 0.25) is 10.0 Å². The second kappa shape index (κ2) is 8.53. The van der Waals surface area contributed by atoms with Gasteiger partial charge in [-0.1, -0.05) is 23.2 Å². The molecular weight excluding hydrogens is 412 g/mol. The number of nitrogens with zero attached hydrogens (tertiary/aromatic N) is 2. The number of nitrogens with one attached hydrogen (secondary N) is 1. The minimum atomic E-state index is -0.602. The predicted octanol–water partition coefficient (Wildman–Crippen LogP) is 4.88. The van der Waals surface area contributed by atoms with Gasteiger partial charge in [0.25, 0.3) is 0 Å². The number of pyridine rings is 1. The van der Waals surface area contributed by atoms with E-state index in [-0.39, 0.29) is 16.4 Å². The molecule has 3 aromatic rings. The highest BCUT2D eigenvalue weighted by atomic mass is 35.5. The van der Waals surface area contributed by atoms with Gasteiger partial charge in [0.2, 0.25) is 0 Å². The topological polar surface area (TPSA) is 93.3 Å². The minimum absolute atomic E-state index is 0.0348. The van der Waals surface area contributed by atoms with Gasteiger partial charge in [-0.2, -0.15) is 0 Å². The van der Waals surface area contributed by atoms with Crippen molar-refractivity contribution in [3.63, 3.8) is 0 Å². The summed E-state index contributed by atoms with van der Waals surface area (Å²) in [5, 5.41) is 1.53. The highest BCUT2D eigenvalue weighted by molar-refractivity contribution is 8.00. The second-order valence-electron chi connectivity index (χ2n) is 5.30. The van der Waals surface area contributed by atoms with Gasteiger partial charge in [-0.3, -0.25) is 9.99 Å². The number of hydrogen-bond donors (Lipinski definition) is 3. The molecule has 2 heterocycles. The van der Waals surface area contributed by atoms with Crippen LogP contribution in [-0.4, -0.2) is 4.98 Å². The van der Waals surface area contributed by atoms with E-state index in [0.717, 1.165) is 9.90 Å². The lowest BCUT2D eigenvalue weighted by molar-refractivity contribution is 0.562. The molecule has 0 amide bonds. The Morgan fingerprint density at radius 1 is 1.30 bits per heavy atom. The van der Waals surface area contributed by atoms with Crippen molar-refractivity contribution < 1.29 is 8.81 Å². The van der Waals surface area contributed by atoms with Crippen LogP contribution in [0.15, 0.2) is 64.7 Å². The maximum atomic E-state index is 14.4. The molecule has 10 heteroatoms. The molecular formula is C17H14Cl2FN5OS. The van der Waals surface area contributed by atoms with Crippen LogP contribution in [0, 0.1) is 5.82 Å². The van der Waals surface area contributed by atoms with Crippen LogP contribution in [0.3, 0.4) is 0 Å². The third kappa shape index (κ3) is 4.67. The first kappa shape index (κ1) is 19.4. The largest absolute Gasteiger partial charge is 0.471 e. The second-order valence-corrected chi connectivity index (χ2v) is 7.00. The van der Waals surface area contributed by atoms with E-state index in [4.69, 9.17) is 39.2 Å². The maximum absolute atomic E-state index is 14.4. The Balaban J connectivity index is 1.86. The third-order valence-electron chi connectivity index (χ3n) is 3.42. The van der Waals surface area contributed by atoms with Crippen LogP contribution in [0.4, 0.5) is 15.8 Å². The van der Waals surface area contributed by atoms with Crippen LogP contribution in [0.1, 0.15) is 5.56 Å². The number of furan rings is 1. The lowest BCUT2D eigenvalue weighted by atomic mass is 10.2. The Kier molecular flexibility index (Phi) is 6.12. The average molecular weight is 426 g/mol. The highest BCUT2D eigenvalue weighted by Gasteiger charge is 2.16. The van der Waals surface area contributed by atoms with Crippen LogP contribution in [0.5, 0.6) is 0 Å². The van der Waals surface area contributed by atoms with Crippen LogP contribution < -0.4 is 21.3 Å². The number of nitrogens with two attached hydrogens (primary N) is 2. The lowest BCUT2D eigenvalue weighted by Crippen LogP contribution is -2.27. The number of hydrazine groups is 1. The molecule has 0 unspecified atom stereocenters. The molecule has 6 nitrogen and oxygen atoms in total. The molecule has 0 spiro atoms. The summed E-state index contributed by atoms with van der Waals surface area (Å²) in [6, 6.07) is 6.15. The van der Waals surface area contributed by atoms with Gasteiger partial charge in [-0.15, -0.1) is 0 Å². The van der Waals surface area contributed by atoms with Crippen molar-refractivity contribution in [2.24, 2.45) is 11.6 Å². The van der Waals surface area contributed by atoms with Crippen molar-refractivity contribution in [2.45, 2.75) is 4.90 Å². The number of hydrogen-bond acceptors (Lipinski definition) is 7. The van der Waals surface area contributed by atoms with Crippen molar-refractivity contribution in [2.75, 3.05) is 9.73 Å². The minimum Gasteiger partial charge on any atom is -0.471 e. The molecule has 0 aliphatic carbocycles. The van der Waals surface area contributed by atoms with E-state index in [1.807, 2.05) is 0 Å². The summed E-state index contributed by atoms with van der Waals surface area (Å²) in [5.41, 5.74) is 7.24. The van der Waals surface area contributed by atoms with Crippen molar-refractivity contribution in [3.05, 3.63) is 76.8 Å². The molecule has 0 aliphatic heterocycles. The van der Waals surface area contributed by atoms with Gasteiger partial charge in [0, 0.05) is 24.2 Å². The number of halogens is 3. The summed E-state index contributed by atoms with van der Waals surface area (Å²) in [5.74, 6) is 5.38. The Hall–Kier alpha value is -2.39. The van der Waals surface area contributed by atoms with Crippen molar-refractivity contribution in [3.8, 4) is 0 Å². The van der Waals surface area contributed by atoms with Gasteiger partial charge in [0.15, 0.2) is 0 Å². The highest BCUT2D eigenvalue weighted by Crippen LogP contribution is 2.37. The van der Waals surface area contributed by atoms with Gasteiger partial charge in [0.05, 0.1) is 32.6 Å².